The van der Waals surface area contributed by atoms with Gasteiger partial charge in [-0.25, -0.2) is 4.98 Å². The standard InChI is InChI=1S/C13H13N5O3/c1-8(9-3-2-4-15-6-9)17-13(19)10-5-12(14)16-7-11(10)18(20)21/h2-8H,1H3,(H2,14,16)(H,17,19). The predicted octanol–water partition coefficient (Wildman–Crippen LogP) is 1.46. The van der Waals surface area contributed by atoms with Crippen LogP contribution in [0.5, 0.6) is 0 Å². The SMILES string of the molecule is CC(NC(=O)c1cc(N)ncc1[N+](=O)[O-])c1cccnc1. The number of nitro groups is 1. The second-order valence-electron chi connectivity index (χ2n) is 4.36. The Morgan fingerprint density at radius 3 is 2.86 bits per heavy atom. The number of aromatic nitrogens is 2. The van der Waals surface area contributed by atoms with Crippen molar-refractivity contribution in [3.05, 3.63) is 58.0 Å². The van der Waals surface area contributed by atoms with Crippen LogP contribution in [0.2, 0.25) is 0 Å². The molecule has 0 radical (unpaired) electrons. The molecule has 0 aliphatic rings. The highest BCUT2D eigenvalue weighted by atomic mass is 16.6. The largest absolute Gasteiger partial charge is 0.384 e. The Bertz CT molecular complexity index is 675. The number of hydrogen-bond donors (Lipinski definition) is 2. The van der Waals surface area contributed by atoms with Gasteiger partial charge in [0.15, 0.2) is 0 Å². The number of pyridine rings is 2. The van der Waals surface area contributed by atoms with Gasteiger partial charge in [-0.1, -0.05) is 6.07 Å². The van der Waals surface area contributed by atoms with Crippen molar-refractivity contribution in [1.82, 2.24) is 15.3 Å². The van der Waals surface area contributed by atoms with Gasteiger partial charge in [-0.2, -0.15) is 0 Å². The van der Waals surface area contributed by atoms with Crippen LogP contribution in [0, 0.1) is 10.1 Å². The van der Waals surface area contributed by atoms with E-state index in [0.29, 0.717) is 0 Å². The molecule has 0 saturated carbocycles. The minimum absolute atomic E-state index is 0.0415. The molecule has 0 fully saturated rings. The molecule has 0 spiro atoms. The number of rotatable bonds is 4. The lowest BCUT2D eigenvalue weighted by Gasteiger charge is -2.14. The molecule has 0 saturated heterocycles. The van der Waals surface area contributed by atoms with E-state index in [2.05, 4.69) is 15.3 Å². The zero-order chi connectivity index (χ0) is 15.4. The van der Waals surface area contributed by atoms with E-state index in [1.165, 1.54) is 6.07 Å². The molecule has 1 atom stereocenters. The Hall–Kier alpha value is -3.03. The second-order valence-corrected chi connectivity index (χ2v) is 4.36. The van der Waals surface area contributed by atoms with Crippen molar-refractivity contribution in [2.24, 2.45) is 0 Å². The van der Waals surface area contributed by atoms with Crippen LogP contribution in [0.3, 0.4) is 0 Å². The van der Waals surface area contributed by atoms with E-state index in [4.69, 9.17) is 5.73 Å². The van der Waals surface area contributed by atoms with Crippen LogP contribution >= 0.6 is 0 Å². The summed E-state index contributed by atoms with van der Waals surface area (Å²) in [7, 11) is 0. The van der Waals surface area contributed by atoms with Crippen molar-refractivity contribution in [3.63, 3.8) is 0 Å². The summed E-state index contributed by atoms with van der Waals surface area (Å²) in [6.07, 6.45) is 4.20. The summed E-state index contributed by atoms with van der Waals surface area (Å²) in [5, 5.41) is 13.6. The van der Waals surface area contributed by atoms with E-state index in [9.17, 15) is 14.9 Å². The van der Waals surface area contributed by atoms with Gasteiger partial charge in [0.25, 0.3) is 11.6 Å². The normalized spacial score (nSPS) is 11.7. The molecule has 8 nitrogen and oxygen atoms in total. The first-order chi connectivity index (χ1) is 9.99. The Labute approximate surface area is 120 Å². The molecule has 0 aliphatic carbocycles. The average molecular weight is 287 g/mol. The number of anilines is 1. The molecule has 2 heterocycles. The molecule has 2 aromatic rings. The lowest BCUT2D eigenvalue weighted by Crippen LogP contribution is -2.27. The van der Waals surface area contributed by atoms with Gasteiger partial charge in [0.2, 0.25) is 0 Å². The van der Waals surface area contributed by atoms with Crippen molar-refractivity contribution in [2.45, 2.75) is 13.0 Å². The third-order valence-corrected chi connectivity index (χ3v) is 2.88. The molecular formula is C13H13N5O3. The van der Waals surface area contributed by atoms with E-state index in [1.807, 2.05) is 0 Å². The number of carbonyl (C=O) groups excluding carboxylic acids is 1. The van der Waals surface area contributed by atoms with Crippen LogP contribution < -0.4 is 11.1 Å². The summed E-state index contributed by atoms with van der Waals surface area (Å²) in [6, 6.07) is 4.38. The Morgan fingerprint density at radius 2 is 2.24 bits per heavy atom. The lowest BCUT2D eigenvalue weighted by molar-refractivity contribution is -0.385. The zero-order valence-electron chi connectivity index (χ0n) is 11.2. The molecule has 0 bridgehead atoms. The summed E-state index contributed by atoms with van der Waals surface area (Å²) in [5.74, 6) is -0.549. The maximum absolute atomic E-state index is 12.2. The molecule has 8 heteroatoms. The third-order valence-electron chi connectivity index (χ3n) is 2.88. The van der Waals surface area contributed by atoms with Gasteiger partial charge in [0, 0.05) is 12.4 Å². The summed E-state index contributed by atoms with van der Waals surface area (Å²) < 4.78 is 0. The third kappa shape index (κ3) is 3.30. The van der Waals surface area contributed by atoms with Gasteiger partial charge in [-0.15, -0.1) is 0 Å². The predicted molar refractivity (Wildman–Crippen MR) is 75.4 cm³/mol. The molecule has 108 valence electrons. The number of amides is 1. The number of nitrogens with one attached hydrogen (secondary N) is 1. The summed E-state index contributed by atoms with van der Waals surface area (Å²) >= 11 is 0. The topological polar surface area (TPSA) is 124 Å². The van der Waals surface area contributed by atoms with Crippen molar-refractivity contribution < 1.29 is 9.72 Å². The molecular weight excluding hydrogens is 274 g/mol. The Morgan fingerprint density at radius 1 is 1.48 bits per heavy atom. The fourth-order valence-electron chi connectivity index (χ4n) is 1.78. The summed E-state index contributed by atoms with van der Waals surface area (Å²) in [6.45, 7) is 1.76. The van der Waals surface area contributed by atoms with Crippen molar-refractivity contribution in [1.29, 1.82) is 0 Å². The molecule has 21 heavy (non-hydrogen) atoms. The average Bonchev–Trinajstić information content (AvgIpc) is 2.47. The quantitative estimate of drug-likeness (QED) is 0.648. The number of nitrogen functional groups attached to an aromatic ring is 1. The van der Waals surface area contributed by atoms with Gasteiger partial charge in [0.1, 0.15) is 17.6 Å². The fraction of sp³-hybridized carbons (Fsp3) is 0.154. The second kappa shape index (κ2) is 5.95. The Kier molecular flexibility index (Phi) is 4.07. The number of hydrogen-bond acceptors (Lipinski definition) is 6. The first-order valence-electron chi connectivity index (χ1n) is 6.09. The highest BCUT2D eigenvalue weighted by molar-refractivity contribution is 5.98. The molecule has 1 amide bonds. The number of nitrogens with two attached hydrogens (primary N) is 1. The van der Waals surface area contributed by atoms with E-state index in [1.54, 1.807) is 31.5 Å². The van der Waals surface area contributed by atoms with E-state index in [-0.39, 0.29) is 23.1 Å². The fourth-order valence-corrected chi connectivity index (χ4v) is 1.78. The molecule has 1 unspecified atom stereocenters. The maximum Gasteiger partial charge on any atom is 0.300 e. The van der Waals surface area contributed by atoms with Crippen molar-refractivity contribution in [2.75, 3.05) is 5.73 Å². The zero-order valence-corrected chi connectivity index (χ0v) is 11.2. The number of carbonyl (C=O) groups is 1. The van der Waals surface area contributed by atoms with E-state index < -0.39 is 10.8 Å². The van der Waals surface area contributed by atoms with Crippen LogP contribution in [-0.2, 0) is 0 Å². The number of nitrogens with zero attached hydrogens (tertiary/aromatic N) is 3. The minimum atomic E-state index is -0.671. The first-order valence-corrected chi connectivity index (χ1v) is 6.09. The van der Waals surface area contributed by atoms with Crippen molar-refractivity contribution >= 4 is 17.4 Å². The van der Waals surface area contributed by atoms with Crippen LogP contribution in [0.1, 0.15) is 28.9 Å². The smallest absolute Gasteiger partial charge is 0.300 e. The summed E-state index contributed by atoms with van der Waals surface area (Å²) in [5.41, 5.74) is 5.76. The summed E-state index contributed by atoms with van der Waals surface area (Å²) in [4.78, 5) is 30.0. The lowest BCUT2D eigenvalue weighted by atomic mass is 10.1. The first kappa shape index (κ1) is 14.4. The van der Waals surface area contributed by atoms with Gasteiger partial charge < -0.3 is 11.1 Å². The molecule has 3 N–H and O–H groups in total. The van der Waals surface area contributed by atoms with Crippen LogP contribution in [0.25, 0.3) is 0 Å². The van der Waals surface area contributed by atoms with E-state index >= 15 is 0 Å². The minimum Gasteiger partial charge on any atom is -0.384 e. The Balaban J connectivity index is 2.25. The van der Waals surface area contributed by atoms with Crippen LogP contribution in [0.4, 0.5) is 11.5 Å². The molecule has 2 aromatic heterocycles. The highest BCUT2D eigenvalue weighted by Gasteiger charge is 2.22. The van der Waals surface area contributed by atoms with Crippen LogP contribution in [-0.4, -0.2) is 20.8 Å². The van der Waals surface area contributed by atoms with Gasteiger partial charge >= 0.3 is 0 Å². The van der Waals surface area contributed by atoms with E-state index in [0.717, 1.165) is 11.8 Å². The highest BCUT2D eigenvalue weighted by Crippen LogP contribution is 2.20. The monoisotopic (exact) mass is 287 g/mol. The van der Waals surface area contributed by atoms with Crippen molar-refractivity contribution in [3.8, 4) is 0 Å². The molecule has 0 aromatic carbocycles. The molecule has 2 rings (SSSR count). The van der Waals surface area contributed by atoms with Crippen LogP contribution in [0.15, 0.2) is 36.8 Å². The van der Waals surface area contributed by atoms with Gasteiger partial charge in [-0.3, -0.25) is 19.9 Å². The van der Waals surface area contributed by atoms with Gasteiger partial charge in [0.05, 0.1) is 11.0 Å². The molecule has 0 aliphatic heterocycles. The van der Waals surface area contributed by atoms with Gasteiger partial charge in [-0.05, 0) is 24.6 Å². The maximum atomic E-state index is 12.2.